The average Bonchev–Trinajstić information content (AvgIpc) is 3.19. The normalized spacial score (nSPS) is 10.4. The molecule has 0 aliphatic carbocycles. The van der Waals surface area contributed by atoms with Gasteiger partial charge in [-0.25, -0.2) is 14.4 Å². The zero-order valence-electron chi connectivity index (χ0n) is 16.9. The van der Waals surface area contributed by atoms with Gasteiger partial charge in [-0.2, -0.15) is 4.90 Å². The van der Waals surface area contributed by atoms with Gasteiger partial charge >= 0.3 is 18.2 Å². The molecule has 3 aromatic carbocycles. The number of amides is 2. The molecule has 0 saturated carbocycles. The second-order valence-corrected chi connectivity index (χ2v) is 6.46. The second kappa shape index (κ2) is 9.05. The number of anilines is 1. The maximum absolute atomic E-state index is 13.2. The van der Waals surface area contributed by atoms with Gasteiger partial charge in [0.2, 0.25) is 5.76 Å². The fourth-order valence-corrected chi connectivity index (χ4v) is 3.01. The smallest absolute Gasteiger partial charge is 0.429 e. The Morgan fingerprint density at radius 1 is 0.719 bits per heavy atom. The van der Waals surface area contributed by atoms with Crippen molar-refractivity contribution in [3.8, 4) is 11.5 Å². The number of carbonyl (C=O) groups is 3. The lowest BCUT2D eigenvalue weighted by Gasteiger charge is -2.19. The number of hydrogen-bond donors (Lipinski definition) is 0. The topological polar surface area (TPSA) is 95.3 Å². The van der Waals surface area contributed by atoms with Gasteiger partial charge in [0, 0.05) is 5.39 Å². The first-order valence-corrected chi connectivity index (χ1v) is 9.52. The number of para-hydroxylation sites is 3. The molecule has 4 aromatic rings. The van der Waals surface area contributed by atoms with Crippen LogP contribution in [0, 0.1) is 0 Å². The molecule has 0 saturated heterocycles. The molecule has 0 radical (unpaired) electrons. The van der Waals surface area contributed by atoms with Gasteiger partial charge in [0.15, 0.2) is 0 Å². The summed E-state index contributed by atoms with van der Waals surface area (Å²) in [6.07, 6.45) is -2.18. The first-order valence-electron chi connectivity index (χ1n) is 9.52. The van der Waals surface area contributed by atoms with Crippen molar-refractivity contribution in [2.45, 2.75) is 0 Å². The predicted molar refractivity (Wildman–Crippen MR) is 115 cm³/mol. The second-order valence-electron chi connectivity index (χ2n) is 6.46. The number of benzene rings is 3. The molecule has 0 atom stereocenters. The molecule has 8 nitrogen and oxygen atoms in total. The van der Waals surface area contributed by atoms with Crippen LogP contribution in [-0.2, 0) is 4.74 Å². The molecule has 0 unspecified atom stereocenters. The third-order valence-electron chi connectivity index (χ3n) is 4.43. The molecule has 0 fully saturated rings. The van der Waals surface area contributed by atoms with Crippen LogP contribution in [0.5, 0.6) is 11.5 Å². The molecule has 8 heteroatoms. The summed E-state index contributed by atoms with van der Waals surface area (Å²) in [6, 6.07) is 22.9. The number of fused-ring (bicyclic) bond motifs is 1. The summed E-state index contributed by atoms with van der Waals surface area (Å²) in [5, 5.41) is 0.322. The number of rotatable bonds is 4. The number of furan rings is 1. The van der Waals surface area contributed by atoms with Crippen molar-refractivity contribution >= 4 is 34.8 Å². The minimum absolute atomic E-state index is 0.144. The highest BCUT2D eigenvalue weighted by atomic mass is 16.6. The number of ether oxygens (including phenoxy) is 3. The van der Waals surface area contributed by atoms with E-state index in [9.17, 15) is 14.4 Å². The Labute approximate surface area is 182 Å². The standard InChI is InChI=1S/C24H17NO7/c1-29-22(26)21-20(18-14-8-9-15-19(18)32-21)25(23(27)30-16-10-4-2-5-11-16)24(28)31-17-12-6-3-7-13-17/h2-15H,1H3. The van der Waals surface area contributed by atoms with E-state index >= 15 is 0 Å². The van der Waals surface area contributed by atoms with Crippen LogP contribution in [0.3, 0.4) is 0 Å². The Hall–Kier alpha value is -4.59. The Kier molecular flexibility index (Phi) is 5.85. The Bertz CT molecular complexity index is 1210. The fraction of sp³-hybridized carbons (Fsp3) is 0.0417. The highest BCUT2D eigenvalue weighted by Gasteiger charge is 2.36. The van der Waals surface area contributed by atoms with Crippen molar-refractivity contribution in [2.24, 2.45) is 0 Å². The van der Waals surface area contributed by atoms with Crippen LogP contribution in [0.4, 0.5) is 15.3 Å². The zero-order chi connectivity index (χ0) is 22.5. The minimum atomic E-state index is -1.09. The van der Waals surface area contributed by atoms with Crippen molar-refractivity contribution in [1.82, 2.24) is 0 Å². The van der Waals surface area contributed by atoms with Gasteiger partial charge in [-0.05, 0) is 36.4 Å². The van der Waals surface area contributed by atoms with Gasteiger partial charge in [0.1, 0.15) is 22.8 Å². The fourth-order valence-electron chi connectivity index (χ4n) is 3.01. The molecular formula is C24H17NO7. The third kappa shape index (κ3) is 4.15. The largest absolute Gasteiger partial charge is 0.463 e. The SMILES string of the molecule is COC(=O)c1oc2ccccc2c1N(C(=O)Oc1ccccc1)C(=O)Oc1ccccc1. The summed E-state index contributed by atoms with van der Waals surface area (Å²) < 4.78 is 21.1. The lowest BCUT2D eigenvalue weighted by molar-refractivity contribution is 0.0569. The number of imide groups is 1. The lowest BCUT2D eigenvalue weighted by atomic mass is 10.2. The number of esters is 1. The van der Waals surface area contributed by atoms with Crippen molar-refractivity contribution in [1.29, 1.82) is 0 Å². The van der Waals surface area contributed by atoms with E-state index in [4.69, 9.17) is 18.6 Å². The molecule has 1 heterocycles. The molecule has 4 rings (SSSR count). The van der Waals surface area contributed by atoms with Crippen molar-refractivity contribution in [2.75, 3.05) is 12.0 Å². The summed E-state index contributed by atoms with van der Waals surface area (Å²) in [5.74, 6) is -0.824. The Balaban J connectivity index is 1.83. The quantitative estimate of drug-likeness (QED) is 0.398. The van der Waals surface area contributed by atoms with Crippen LogP contribution in [0.15, 0.2) is 89.3 Å². The van der Waals surface area contributed by atoms with Gasteiger partial charge < -0.3 is 18.6 Å². The van der Waals surface area contributed by atoms with E-state index in [1.54, 1.807) is 84.9 Å². The minimum Gasteiger partial charge on any atom is -0.463 e. The highest BCUT2D eigenvalue weighted by molar-refractivity contribution is 6.19. The van der Waals surface area contributed by atoms with Crippen LogP contribution in [0.1, 0.15) is 10.6 Å². The molecule has 0 spiro atoms. The molecule has 1 aromatic heterocycles. The Morgan fingerprint density at radius 3 is 1.75 bits per heavy atom. The molecule has 0 N–H and O–H groups in total. The summed E-state index contributed by atoms with van der Waals surface area (Å²) >= 11 is 0. The molecular weight excluding hydrogens is 414 g/mol. The van der Waals surface area contributed by atoms with E-state index in [0.29, 0.717) is 10.3 Å². The van der Waals surface area contributed by atoms with Gasteiger partial charge in [-0.15, -0.1) is 0 Å². The maximum Gasteiger partial charge on any atom is 0.429 e. The first kappa shape index (κ1) is 20.7. The molecule has 32 heavy (non-hydrogen) atoms. The first-order chi connectivity index (χ1) is 15.6. The maximum atomic E-state index is 13.2. The van der Waals surface area contributed by atoms with Crippen LogP contribution in [0.25, 0.3) is 11.0 Å². The molecule has 0 aliphatic rings. The van der Waals surface area contributed by atoms with Gasteiger partial charge in [-0.1, -0.05) is 48.5 Å². The van der Waals surface area contributed by atoms with E-state index < -0.39 is 18.2 Å². The molecule has 0 bridgehead atoms. The third-order valence-corrected chi connectivity index (χ3v) is 4.43. The number of carbonyl (C=O) groups excluding carboxylic acids is 3. The van der Waals surface area contributed by atoms with Gasteiger partial charge in [0.25, 0.3) is 0 Å². The number of nitrogens with zero attached hydrogens (tertiary/aromatic N) is 1. The summed E-state index contributed by atoms with van der Waals surface area (Å²) in [6.45, 7) is 0. The van der Waals surface area contributed by atoms with Crippen LogP contribution >= 0.6 is 0 Å². The van der Waals surface area contributed by atoms with Crippen LogP contribution in [0.2, 0.25) is 0 Å². The average molecular weight is 431 g/mol. The van der Waals surface area contributed by atoms with Crippen LogP contribution in [-0.4, -0.2) is 25.3 Å². The zero-order valence-corrected chi connectivity index (χ0v) is 16.9. The van der Waals surface area contributed by atoms with E-state index in [0.717, 1.165) is 7.11 Å². The lowest BCUT2D eigenvalue weighted by Crippen LogP contribution is -2.41. The highest BCUT2D eigenvalue weighted by Crippen LogP contribution is 2.35. The van der Waals surface area contributed by atoms with E-state index in [-0.39, 0.29) is 28.5 Å². The molecule has 160 valence electrons. The summed E-state index contributed by atoms with van der Waals surface area (Å²) in [7, 11) is 1.16. The van der Waals surface area contributed by atoms with E-state index in [2.05, 4.69) is 0 Å². The number of hydrogen-bond acceptors (Lipinski definition) is 7. The predicted octanol–water partition coefficient (Wildman–Crippen LogP) is 5.42. The Morgan fingerprint density at radius 2 is 1.22 bits per heavy atom. The van der Waals surface area contributed by atoms with Crippen molar-refractivity contribution < 1.29 is 33.0 Å². The molecule has 0 aliphatic heterocycles. The van der Waals surface area contributed by atoms with Gasteiger partial charge in [0.05, 0.1) is 7.11 Å². The van der Waals surface area contributed by atoms with Crippen LogP contribution < -0.4 is 14.4 Å². The van der Waals surface area contributed by atoms with E-state index in [1.807, 2.05) is 0 Å². The van der Waals surface area contributed by atoms with Gasteiger partial charge in [-0.3, -0.25) is 0 Å². The molecule has 2 amide bonds. The van der Waals surface area contributed by atoms with E-state index in [1.165, 1.54) is 0 Å². The summed E-state index contributed by atoms with van der Waals surface area (Å²) in [4.78, 5) is 39.3. The summed E-state index contributed by atoms with van der Waals surface area (Å²) in [5.41, 5.74) is 0.127. The monoisotopic (exact) mass is 431 g/mol. The van der Waals surface area contributed by atoms with Crippen molar-refractivity contribution in [3.63, 3.8) is 0 Å². The van der Waals surface area contributed by atoms with Crippen molar-refractivity contribution in [3.05, 3.63) is 90.7 Å². The number of methoxy groups -OCH3 is 1.